The highest BCUT2D eigenvalue weighted by molar-refractivity contribution is 5.18. The molecule has 3 nitrogen and oxygen atoms in total. The van der Waals surface area contributed by atoms with Gasteiger partial charge in [0.2, 0.25) is 0 Å². The number of hydrogen-bond donors (Lipinski definition) is 1. The molecule has 0 aliphatic heterocycles. The van der Waals surface area contributed by atoms with Crippen LogP contribution in [0, 0.1) is 0 Å². The molecular weight excluding hydrogens is 150 g/mol. The lowest BCUT2D eigenvalue weighted by Crippen LogP contribution is -1.76. The summed E-state index contributed by atoms with van der Waals surface area (Å²) in [7, 11) is 0. The summed E-state index contributed by atoms with van der Waals surface area (Å²) in [6.45, 7) is 2.13. The van der Waals surface area contributed by atoms with Gasteiger partial charge in [0.15, 0.2) is 0 Å². The maximum Gasteiger partial charge on any atom is 0.0690 e. The van der Waals surface area contributed by atoms with Crippen molar-refractivity contribution in [2.24, 2.45) is 0 Å². The zero-order valence-electron chi connectivity index (χ0n) is 7.20. The Morgan fingerprint density at radius 2 is 2.00 bits per heavy atom. The number of H-pyrrole nitrogens is 1. The molecule has 0 bridgehead atoms. The molecule has 12 heavy (non-hydrogen) atoms. The Bertz CT molecular complexity index is 230. The quantitative estimate of drug-likeness (QED) is 0.636. The predicted molar refractivity (Wildman–Crippen MR) is 48.5 cm³/mol. The van der Waals surface area contributed by atoms with E-state index in [1.807, 2.05) is 0 Å². The molecule has 0 aromatic carbocycles. The summed E-state index contributed by atoms with van der Waals surface area (Å²) in [5.74, 6) is 0. The minimum Gasteiger partial charge on any atom is -0.198 e. The van der Waals surface area contributed by atoms with Crippen LogP contribution in [0.1, 0.15) is 19.8 Å². The monoisotopic (exact) mass is 163 g/mol. The third-order valence-electron chi connectivity index (χ3n) is 1.51. The largest absolute Gasteiger partial charge is 0.198 e. The van der Waals surface area contributed by atoms with Crippen LogP contribution in [0.4, 0.5) is 0 Å². The van der Waals surface area contributed by atoms with Gasteiger partial charge in [-0.2, -0.15) is 15.4 Å². The van der Waals surface area contributed by atoms with Gasteiger partial charge in [-0.15, -0.1) is 0 Å². The zero-order valence-corrected chi connectivity index (χ0v) is 7.20. The summed E-state index contributed by atoms with van der Waals surface area (Å²) in [6.07, 6.45) is 12.3. The molecule has 0 fully saturated rings. The lowest BCUT2D eigenvalue weighted by atomic mass is 10.1. The standard InChI is InChI=1S/C7H10.C2H3N3/c1-7-5-3-2-4-6-7;1-2-4-5-3-1/h3,5-6H,2,4H2,1H3;1-2H,(H,3,4,5). The second-order valence-electron chi connectivity index (χ2n) is 2.58. The molecule has 0 saturated carbocycles. The van der Waals surface area contributed by atoms with Crippen molar-refractivity contribution in [1.29, 1.82) is 0 Å². The summed E-state index contributed by atoms with van der Waals surface area (Å²) in [4.78, 5) is 0. The van der Waals surface area contributed by atoms with Crippen LogP contribution in [0.3, 0.4) is 0 Å². The molecule has 1 aliphatic rings. The second kappa shape index (κ2) is 5.29. The number of nitrogens with one attached hydrogen (secondary N) is 1. The first-order chi connectivity index (χ1) is 5.89. The molecule has 0 unspecified atom stereocenters. The van der Waals surface area contributed by atoms with Crippen LogP contribution in [-0.2, 0) is 0 Å². The number of aromatic amines is 1. The Morgan fingerprint density at radius 1 is 1.25 bits per heavy atom. The Balaban J connectivity index is 0.000000127. The maximum atomic E-state index is 3.49. The molecule has 1 heterocycles. The van der Waals surface area contributed by atoms with Crippen molar-refractivity contribution in [1.82, 2.24) is 15.4 Å². The highest BCUT2D eigenvalue weighted by Gasteiger charge is 1.86. The van der Waals surface area contributed by atoms with E-state index in [2.05, 4.69) is 40.6 Å². The van der Waals surface area contributed by atoms with Crippen molar-refractivity contribution in [2.75, 3.05) is 0 Å². The van der Waals surface area contributed by atoms with E-state index < -0.39 is 0 Å². The molecule has 1 aliphatic carbocycles. The van der Waals surface area contributed by atoms with Gasteiger partial charge in [0, 0.05) is 0 Å². The molecule has 1 N–H and O–H groups in total. The first kappa shape index (κ1) is 8.71. The number of hydrogen-bond acceptors (Lipinski definition) is 2. The van der Waals surface area contributed by atoms with Crippen LogP contribution < -0.4 is 0 Å². The van der Waals surface area contributed by atoms with Gasteiger partial charge in [0.1, 0.15) is 0 Å². The van der Waals surface area contributed by atoms with Gasteiger partial charge in [-0.05, 0) is 19.8 Å². The fraction of sp³-hybridized carbons (Fsp3) is 0.333. The van der Waals surface area contributed by atoms with E-state index in [-0.39, 0.29) is 0 Å². The van der Waals surface area contributed by atoms with Crippen LogP contribution >= 0.6 is 0 Å². The Hall–Kier alpha value is -1.38. The van der Waals surface area contributed by atoms with Crippen LogP contribution in [0.5, 0.6) is 0 Å². The first-order valence-corrected chi connectivity index (χ1v) is 4.02. The first-order valence-electron chi connectivity index (χ1n) is 4.02. The van der Waals surface area contributed by atoms with E-state index in [0.717, 1.165) is 0 Å². The average Bonchev–Trinajstić information content (AvgIpc) is 2.62. The maximum absolute atomic E-state index is 3.49. The smallest absolute Gasteiger partial charge is 0.0690 e. The zero-order chi connectivity index (χ0) is 8.65. The van der Waals surface area contributed by atoms with Gasteiger partial charge in [-0.25, -0.2) is 0 Å². The molecule has 3 heteroatoms. The Labute approximate surface area is 72.2 Å². The molecule has 0 amide bonds. The summed E-state index contributed by atoms with van der Waals surface area (Å²) in [6, 6.07) is 0. The van der Waals surface area contributed by atoms with Crippen LogP contribution in [0.15, 0.2) is 36.2 Å². The van der Waals surface area contributed by atoms with E-state index in [0.29, 0.717) is 0 Å². The van der Waals surface area contributed by atoms with Gasteiger partial charge >= 0.3 is 0 Å². The molecule has 64 valence electrons. The average molecular weight is 163 g/mol. The van der Waals surface area contributed by atoms with Gasteiger partial charge in [0.05, 0.1) is 12.4 Å². The molecule has 1 aromatic rings. The summed E-state index contributed by atoms with van der Waals surface area (Å²) in [5, 5.41) is 9.33. The number of nitrogens with zero attached hydrogens (tertiary/aromatic N) is 2. The van der Waals surface area contributed by atoms with Gasteiger partial charge in [-0.1, -0.05) is 23.8 Å². The SMILES string of the molecule is CC1=CCCC=C1.c1cn[nH]n1. The van der Waals surface area contributed by atoms with Gasteiger partial charge in [0.25, 0.3) is 0 Å². The Kier molecular flexibility index (Phi) is 3.84. The molecule has 0 radical (unpaired) electrons. The van der Waals surface area contributed by atoms with Crippen LogP contribution in [0.2, 0.25) is 0 Å². The third-order valence-corrected chi connectivity index (χ3v) is 1.51. The van der Waals surface area contributed by atoms with E-state index in [9.17, 15) is 0 Å². The van der Waals surface area contributed by atoms with Crippen LogP contribution in [0.25, 0.3) is 0 Å². The summed E-state index contributed by atoms with van der Waals surface area (Å²) >= 11 is 0. The molecular formula is C9H13N3. The van der Waals surface area contributed by atoms with Crippen molar-refractivity contribution in [3.8, 4) is 0 Å². The van der Waals surface area contributed by atoms with Crippen molar-refractivity contribution in [2.45, 2.75) is 19.8 Å². The number of aromatic nitrogens is 3. The lowest BCUT2D eigenvalue weighted by molar-refractivity contribution is 0.940. The lowest BCUT2D eigenvalue weighted by Gasteiger charge is -1.96. The molecule has 1 aromatic heterocycles. The molecule has 0 atom stereocenters. The van der Waals surface area contributed by atoms with Gasteiger partial charge in [-0.3, -0.25) is 0 Å². The van der Waals surface area contributed by atoms with Crippen LogP contribution in [-0.4, -0.2) is 15.4 Å². The molecule has 0 saturated heterocycles. The third kappa shape index (κ3) is 3.71. The van der Waals surface area contributed by atoms with Gasteiger partial charge < -0.3 is 0 Å². The summed E-state index contributed by atoms with van der Waals surface area (Å²) in [5.41, 5.74) is 1.41. The Morgan fingerprint density at radius 3 is 2.25 bits per heavy atom. The number of allylic oxidation sites excluding steroid dienone is 4. The molecule has 2 rings (SSSR count). The van der Waals surface area contributed by atoms with E-state index >= 15 is 0 Å². The normalized spacial score (nSPS) is 14.6. The second-order valence-corrected chi connectivity index (χ2v) is 2.58. The van der Waals surface area contributed by atoms with E-state index in [4.69, 9.17) is 0 Å². The summed E-state index contributed by atoms with van der Waals surface area (Å²) < 4.78 is 0. The topological polar surface area (TPSA) is 41.6 Å². The fourth-order valence-electron chi connectivity index (χ4n) is 0.911. The van der Waals surface area contributed by atoms with Crippen molar-refractivity contribution < 1.29 is 0 Å². The highest BCUT2D eigenvalue weighted by atomic mass is 15.3. The van der Waals surface area contributed by atoms with Crippen molar-refractivity contribution in [3.63, 3.8) is 0 Å². The highest BCUT2D eigenvalue weighted by Crippen LogP contribution is 2.06. The molecule has 0 spiro atoms. The minimum atomic E-state index is 1.23. The van der Waals surface area contributed by atoms with E-state index in [1.54, 1.807) is 12.4 Å². The predicted octanol–water partition coefficient (Wildman–Crippen LogP) is 2.09. The van der Waals surface area contributed by atoms with Crippen molar-refractivity contribution >= 4 is 0 Å². The van der Waals surface area contributed by atoms with Crippen molar-refractivity contribution in [3.05, 3.63) is 36.2 Å². The fourth-order valence-corrected chi connectivity index (χ4v) is 0.911. The minimum absolute atomic E-state index is 1.23. The number of rotatable bonds is 0. The van der Waals surface area contributed by atoms with E-state index in [1.165, 1.54) is 18.4 Å².